The van der Waals surface area contributed by atoms with Crippen molar-refractivity contribution in [2.45, 2.75) is 39.0 Å². The predicted molar refractivity (Wildman–Crippen MR) is 121 cm³/mol. The van der Waals surface area contributed by atoms with Crippen molar-refractivity contribution in [2.75, 3.05) is 6.54 Å². The second kappa shape index (κ2) is 7.94. The summed E-state index contributed by atoms with van der Waals surface area (Å²) in [5, 5.41) is 4.63. The van der Waals surface area contributed by atoms with Crippen molar-refractivity contribution in [3.8, 4) is 11.4 Å². The number of thiazole rings is 1. The molecule has 0 amide bonds. The molecule has 0 aliphatic carbocycles. The summed E-state index contributed by atoms with van der Waals surface area (Å²) in [6, 6.07) is 13.3. The highest BCUT2D eigenvalue weighted by atomic mass is 32.2. The van der Waals surface area contributed by atoms with Crippen molar-refractivity contribution in [1.29, 1.82) is 0 Å². The maximum absolute atomic E-state index is 12.6. The molecule has 0 saturated heterocycles. The molecule has 2 aromatic heterocycles. The molecule has 4 rings (SSSR count). The minimum Gasteiger partial charge on any atom is -0.211 e. The lowest BCUT2D eigenvalue weighted by Crippen LogP contribution is -2.26. The number of hydrogen-bond donors (Lipinski definition) is 1. The Labute approximate surface area is 180 Å². The predicted octanol–water partition coefficient (Wildman–Crippen LogP) is 4.21. The van der Waals surface area contributed by atoms with Gasteiger partial charge in [-0.15, -0.1) is 5.10 Å². The second-order valence-corrected chi connectivity index (χ2v) is 10.3. The van der Waals surface area contributed by atoms with Crippen LogP contribution in [-0.2, 0) is 16.4 Å². The van der Waals surface area contributed by atoms with Crippen LogP contribution in [0.15, 0.2) is 47.4 Å². The number of rotatable bonds is 6. The van der Waals surface area contributed by atoms with Gasteiger partial charge in [0, 0.05) is 17.0 Å². The lowest BCUT2D eigenvalue weighted by molar-refractivity contribution is 0.581. The second-order valence-electron chi connectivity index (χ2n) is 7.50. The van der Waals surface area contributed by atoms with Gasteiger partial charge >= 0.3 is 0 Å². The summed E-state index contributed by atoms with van der Waals surface area (Å²) in [5.74, 6) is 0.700. The van der Waals surface area contributed by atoms with E-state index in [0.717, 1.165) is 32.2 Å². The number of sulfonamides is 1. The van der Waals surface area contributed by atoms with Gasteiger partial charge in [-0.05, 0) is 57.4 Å². The zero-order valence-electron chi connectivity index (χ0n) is 17.4. The van der Waals surface area contributed by atoms with Crippen LogP contribution in [0.4, 0.5) is 0 Å². The van der Waals surface area contributed by atoms with Crippen LogP contribution in [-0.4, -0.2) is 29.6 Å². The van der Waals surface area contributed by atoms with Crippen LogP contribution in [0.2, 0.25) is 0 Å². The highest BCUT2D eigenvalue weighted by Crippen LogP contribution is 2.25. The Morgan fingerprint density at radius 3 is 2.40 bits per heavy atom. The van der Waals surface area contributed by atoms with E-state index in [1.807, 2.05) is 62.5 Å². The van der Waals surface area contributed by atoms with Gasteiger partial charge in [0.2, 0.25) is 15.0 Å². The molecule has 30 heavy (non-hydrogen) atoms. The summed E-state index contributed by atoms with van der Waals surface area (Å²) >= 11 is 1.55. The number of nitrogens with zero attached hydrogens (tertiary/aromatic N) is 3. The SMILES string of the molecule is Cc1ccc(-c2nc3sc(CCNS(=O)(=O)c4ccc(C)c(C)c4)c(C)n3n2)cc1. The van der Waals surface area contributed by atoms with Gasteiger partial charge in [0.15, 0.2) is 5.82 Å². The van der Waals surface area contributed by atoms with Crippen LogP contribution in [0.3, 0.4) is 0 Å². The van der Waals surface area contributed by atoms with Crippen LogP contribution in [0.5, 0.6) is 0 Å². The summed E-state index contributed by atoms with van der Waals surface area (Å²) in [6.07, 6.45) is 0.589. The lowest BCUT2D eigenvalue weighted by atomic mass is 10.1. The van der Waals surface area contributed by atoms with Crippen molar-refractivity contribution < 1.29 is 8.42 Å². The average Bonchev–Trinajstić information content (AvgIpc) is 3.24. The average molecular weight is 441 g/mol. The zero-order valence-corrected chi connectivity index (χ0v) is 19.1. The zero-order chi connectivity index (χ0) is 21.5. The molecule has 0 fully saturated rings. The van der Waals surface area contributed by atoms with Crippen molar-refractivity contribution in [3.05, 3.63) is 69.7 Å². The van der Waals surface area contributed by atoms with Gasteiger partial charge in [0.25, 0.3) is 0 Å². The first-order valence-corrected chi connectivity index (χ1v) is 12.0. The molecule has 0 atom stereocenters. The smallest absolute Gasteiger partial charge is 0.211 e. The third kappa shape index (κ3) is 4.03. The minimum atomic E-state index is -3.53. The minimum absolute atomic E-state index is 0.299. The molecule has 0 aliphatic heterocycles. The number of nitrogens with one attached hydrogen (secondary N) is 1. The molecule has 6 nitrogen and oxygen atoms in total. The number of benzene rings is 2. The Morgan fingerprint density at radius 2 is 1.73 bits per heavy atom. The maximum Gasteiger partial charge on any atom is 0.240 e. The number of aromatic nitrogens is 3. The van der Waals surface area contributed by atoms with Crippen LogP contribution in [0.25, 0.3) is 16.3 Å². The monoisotopic (exact) mass is 440 g/mol. The lowest BCUT2D eigenvalue weighted by Gasteiger charge is -2.08. The molecule has 4 aromatic rings. The maximum atomic E-state index is 12.6. The third-order valence-corrected chi connectivity index (χ3v) is 7.91. The first-order valence-electron chi connectivity index (χ1n) is 9.73. The third-order valence-electron chi connectivity index (χ3n) is 5.26. The number of aryl methyl sites for hydroxylation is 4. The summed E-state index contributed by atoms with van der Waals surface area (Å²) in [5.41, 5.74) is 5.21. The summed E-state index contributed by atoms with van der Waals surface area (Å²) in [7, 11) is -3.53. The summed E-state index contributed by atoms with van der Waals surface area (Å²) < 4.78 is 29.7. The van der Waals surface area contributed by atoms with Crippen molar-refractivity contribution in [1.82, 2.24) is 19.3 Å². The molecule has 156 valence electrons. The molecule has 0 unspecified atom stereocenters. The molecule has 2 heterocycles. The standard InChI is InChI=1S/C22H24N4O2S2/c1-14-5-8-18(9-6-14)21-24-22-26(25-21)17(4)20(29-22)11-12-23-30(27,28)19-10-7-15(2)16(3)13-19/h5-10,13,23H,11-12H2,1-4H3. The van der Waals surface area contributed by atoms with E-state index in [-0.39, 0.29) is 0 Å². The Kier molecular flexibility index (Phi) is 5.48. The topological polar surface area (TPSA) is 76.4 Å². The molecular formula is C22H24N4O2S2. The number of hydrogen-bond acceptors (Lipinski definition) is 5. The molecule has 8 heteroatoms. The van der Waals surface area contributed by atoms with Crippen LogP contribution in [0, 0.1) is 27.7 Å². The largest absolute Gasteiger partial charge is 0.240 e. The van der Waals surface area contributed by atoms with E-state index in [1.54, 1.807) is 23.5 Å². The molecule has 2 aromatic carbocycles. The highest BCUT2D eigenvalue weighted by Gasteiger charge is 2.17. The fraction of sp³-hybridized carbons (Fsp3) is 0.273. The quantitative estimate of drug-likeness (QED) is 0.487. The van der Waals surface area contributed by atoms with Gasteiger partial charge < -0.3 is 0 Å². The van der Waals surface area contributed by atoms with E-state index in [9.17, 15) is 8.42 Å². The van der Waals surface area contributed by atoms with Gasteiger partial charge in [-0.2, -0.15) is 4.98 Å². The van der Waals surface area contributed by atoms with Crippen LogP contribution >= 0.6 is 11.3 Å². The van der Waals surface area contributed by atoms with E-state index in [1.165, 1.54) is 5.56 Å². The molecule has 0 spiro atoms. The Hall–Kier alpha value is -2.55. The molecule has 0 radical (unpaired) electrons. The van der Waals surface area contributed by atoms with Crippen molar-refractivity contribution in [3.63, 3.8) is 0 Å². The molecular weight excluding hydrogens is 416 g/mol. The first kappa shape index (κ1) is 20.7. The van der Waals surface area contributed by atoms with Crippen LogP contribution < -0.4 is 4.72 Å². The Morgan fingerprint density at radius 1 is 1.00 bits per heavy atom. The Balaban J connectivity index is 1.48. The highest BCUT2D eigenvalue weighted by molar-refractivity contribution is 7.89. The first-order chi connectivity index (χ1) is 14.2. The van der Waals surface area contributed by atoms with Gasteiger partial charge in [-0.3, -0.25) is 0 Å². The molecule has 0 aliphatic rings. The molecule has 0 bridgehead atoms. The fourth-order valence-corrected chi connectivity index (χ4v) is 5.38. The fourth-order valence-electron chi connectivity index (χ4n) is 3.20. The van der Waals surface area contributed by atoms with E-state index in [2.05, 4.69) is 14.8 Å². The van der Waals surface area contributed by atoms with E-state index in [4.69, 9.17) is 0 Å². The van der Waals surface area contributed by atoms with Crippen molar-refractivity contribution in [2.24, 2.45) is 0 Å². The van der Waals surface area contributed by atoms with E-state index >= 15 is 0 Å². The van der Waals surface area contributed by atoms with Gasteiger partial charge in [-0.25, -0.2) is 17.7 Å². The van der Waals surface area contributed by atoms with Gasteiger partial charge in [0.1, 0.15) is 0 Å². The molecule has 0 saturated carbocycles. The van der Waals surface area contributed by atoms with Crippen molar-refractivity contribution >= 4 is 26.3 Å². The Bertz CT molecular complexity index is 1320. The summed E-state index contributed by atoms with van der Waals surface area (Å²) in [4.78, 5) is 6.83. The summed E-state index contributed by atoms with van der Waals surface area (Å²) in [6.45, 7) is 8.24. The van der Waals surface area contributed by atoms with Crippen LogP contribution in [0.1, 0.15) is 27.3 Å². The van der Waals surface area contributed by atoms with E-state index < -0.39 is 10.0 Å². The number of fused-ring (bicyclic) bond motifs is 1. The van der Waals surface area contributed by atoms with Gasteiger partial charge in [-0.1, -0.05) is 47.2 Å². The van der Waals surface area contributed by atoms with Gasteiger partial charge in [0.05, 0.1) is 10.6 Å². The van der Waals surface area contributed by atoms with E-state index in [0.29, 0.717) is 23.7 Å². The molecule has 1 N–H and O–H groups in total. The normalized spacial score (nSPS) is 12.0.